The Morgan fingerprint density at radius 2 is 2.00 bits per heavy atom. The minimum Gasteiger partial charge on any atom is -0.369 e. The molecule has 0 atom stereocenters. The summed E-state index contributed by atoms with van der Waals surface area (Å²) in [5, 5.41) is 5.49. The highest BCUT2D eigenvalue weighted by molar-refractivity contribution is 9.10. The lowest BCUT2D eigenvalue weighted by Gasteiger charge is -2.09. The van der Waals surface area contributed by atoms with E-state index >= 15 is 0 Å². The maximum atomic E-state index is 4.60. The number of aromatic nitrogens is 3. The molecule has 5 heteroatoms. The Labute approximate surface area is 131 Å². The Morgan fingerprint density at radius 1 is 1.14 bits per heavy atom. The predicted molar refractivity (Wildman–Crippen MR) is 89.2 cm³/mol. The first-order chi connectivity index (χ1) is 10.3. The first-order valence-corrected chi connectivity index (χ1v) is 7.69. The third-order valence-corrected chi connectivity index (χ3v) is 3.75. The van der Waals surface area contributed by atoms with Gasteiger partial charge in [-0.15, -0.1) is 0 Å². The van der Waals surface area contributed by atoms with Gasteiger partial charge >= 0.3 is 0 Å². The molecule has 3 aromatic rings. The molecule has 0 aliphatic carbocycles. The van der Waals surface area contributed by atoms with Gasteiger partial charge in [-0.05, 0) is 33.8 Å². The molecular formula is C16H15BrN4. The Kier molecular flexibility index (Phi) is 4.10. The highest BCUT2D eigenvalue weighted by Gasteiger charge is 2.10. The lowest BCUT2D eigenvalue weighted by atomic mass is 10.1. The second-order valence-corrected chi connectivity index (χ2v) is 5.55. The third-order valence-electron chi connectivity index (χ3n) is 3.17. The zero-order valence-corrected chi connectivity index (χ0v) is 13.3. The fourth-order valence-corrected chi connectivity index (χ4v) is 2.48. The van der Waals surface area contributed by atoms with Crippen molar-refractivity contribution in [3.8, 4) is 11.5 Å². The first-order valence-electron chi connectivity index (χ1n) is 6.90. The van der Waals surface area contributed by atoms with E-state index in [1.54, 1.807) is 12.4 Å². The van der Waals surface area contributed by atoms with Crippen LogP contribution in [0.4, 0.5) is 5.82 Å². The molecule has 0 aliphatic heterocycles. The minimum absolute atomic E-state index is 0.633. The summed E-state index contributed by atoms with van der Waals surface area (Å²) in [7, 11) is 0. The van der Waals surface area contributed by atoms with Gasteiger partial charge < -0.3 is 5.32 Å². The van der Waals surface area contributed by atoms with Crippen LogP contribution >= 0.6 is 15.9 Å². The van der Waals surface area contributed by atoms with Gasteiger partial charge in [0.15, 0.2) is 5.82 Å². The highest BCUT2D eigenvalue weighted by atomic mass is 79.9. The van der Waals surface area contributed by atoms with E-state index < -0.39 is 0 Å². The van der Waals surface area contributed by atoms with Crippen molar-refractivity contribution < 1.29 is 0 Å². The monoisotopic (exact) mass is 342 g/mol. The number of nitrogens with zero attached hydrogens (tertiary/aromatic N) is 3. The van der Waals surface area contributed by atoms with Crippen LogP contribution in [0.25, 0.3) is 22.3 Å². The molecule has 3 rings (SSSR count). The fourth-order valence-electron chi connectivity index (χ4n) is 2.15. The van der Waals surface area contributed by atoms with E-state index in [-0.39, 0.29) is 0 Å². The SMILES string of the molecule is CCCNc1nc(-c2nccc3ccccc23)ncc1Br. The van der Waals surface area contributed by atoms with Gasteiger partial charge in [0.25, 0.3) is 0 Å². The summed E-state index contributed by atoms with van der Waals surface area (Å²) >= 11 is 3.48. The molecule has 0 saturated carbocycles. The van der Waals surface area contributed by atoms with Crippen molar-refractivity contribution >= 4 is 32.5 Å². The molecule has 4 nitrogen and oxygen atoms in total. The molecule has 0 bridgehead atoms. The van der Waals surface area contributed by atoms with Crippen molar-refractivity contribution in [1.29, 1.82) is 0 Å². The van der Waals surface area contributed by atoms with Crippen LogP contribution in [0.2, 0.25) is 0 Å². The molecule has 0 spiro atoms. The number of pyridine rings is 1. The van der Waals surface area contributed by atoms with Crippen LogP contribution in [0.1, 0.15) is 13.3 Å². The van der Waals surface area contributed by atoms with Gasteiger partial charge in [0.05, 0.1) is 4.47 Å². The topological polar surface area (TPSA) is 50.7 Å². The Hall–Kier alpha value is -2.01. The molecule has 21 heavy (non-hydrogen) atoms. The highest BCUT2D eigenvalue weighted by Crippen LogP contribution is 2.27. The van der Waals surface area contributed by atoms with Crippen molar-refractivity contribution in [2.75, 3.05) is 11.9 Å². The van der Waals surface area contributed by atoms with Gasteiger partial charge in [-0.1, -0.05) is 31.2 Å². The van der Waals surface area contributed by atoms with Gasteiger partial charge in [-0.25, -0.2) is 9.97 Å². The molecule has 2 heterocycles. The molecule has 0 unspecified atom stereocenters. The summed E-state index contributed by atoms with van der Waals surface area (Å²) in [6.45, 7) is 2.99. The molecule has 0 saturated heterocycles. The number of benzene rings is 1. The molecule has 1 aromatic carbocycles. The number of fused-ring (bicyclic) bond motifs is 1. The Balaban J connectivity index is 2.10. The number of hydrogen-bond donors (Lipinski definition) is 1. The average Bonchev–Trinajstić information content (AvgIpc) is 2.54. The van der Waals surface area contributed by atoms with E-state index in [9.17, 15) is 0 Å². The zero-order valence-electron chi connectivity index (χ0n) is 11.7. The van der Waals surface area contributed by atoms with E-state index in [4.69, 9.17) is 0 Å². The smallest absolute Gasteiger partial charge is 0.180 e. The van der Waals surface area contributed by atoms with Gasteiger partial charge in [-0.3, -0.25) is 4.98 Å². The Bertz CT molecular complexity index is 768. The second-order valence-electron chi connectivity index (χ2n) is 4.70. The van der Waals surface area contributed by atoms with Crippen LogP contribution in [0, 0.1) is 0 Å². The zero-order chi connectivity index (χ0) is 14.7. The fraction of sp³-hybridized carbons (Fsp3) is 0.188. The number of hydrogen-bond acceptors (Lipinski definition) is 4. The summed E-state index contributed by atoms with van der Waals surface area (Å²) in [5.74, 6) is 1.44. The summed E-state index contributed by atoms with van der Waals surface area (Å²) in [6.07, 6.45) is 4.60. The van der Waals surface area contributed by atoms with Gasteiger partial charge in [0.2, 0.25) is 0 Å². The minimum atomic E-state index is 0.633. The van der Waals surface area contributed by atoms with E-state index in [2.05, 4.69) is 49.2 Å². The van der Waals surface area contributed by atoms with Crippen LogP contribution in [-0.2, 0) is 0 Å². The third kappa shape index (κ3) is 2.88. The van der Waals surface area contributed by atoms with Gasteiger partial charge in [-0.2, -0.15) is 0 Å². The van der Waals surface area contributed by atoms with Crippen LogP contribution in [0.5, 0.6) is 0 Å². The lowest BCUT2D eigenvalue weighted by Crippen LogP contribution is -2.04. The molecule has 0 radical (unpaired) electrons. The maximum absolute atomic E-state index is 4.60. The predicted octanol–water partition coefficient (Wildman–Crippen LogP) is 4.28. The maximum Gasteiger partial charge on any atom is 0.180 e. The molecular weight excluding hydrogens is 328 g/mol. The molecule has 2 aromatic heterocycles. The van der Waals surface area contributed by atoms with Crippen LogP contribution in [0.15, 0.2) is 47.2 Å². The first kappa shape index (κ1) is 13.9. The lowest BCUT2D eigenvalue weighted by molar-refractivity contribution is 0.962. The summed E-state index contributed by atoms with van der Waals surface area (Å²) in [5.41, 5.74) is 0.806. The molecule has 106 valence electrons. The van der Waals surface area contributed by atoms with Crippen LogP contribution in [0.3, 0.4) is 0 Å². The van der Waals surface area contributed by atoms with Crippen molar-refractivity contribution in [2.45, 2.75) is 13.3 Å². The Morgan fingerprint density at radius 3 is 2.86 bits per heavy atom. The molecule has 0 aliphatic rings. The van der Waals surface area contributed by atoms with E-state index in [0.717, 1.165) is 39.7 Å². The van der Waals surface area contributed by atoms with Crippen molar-refractivity contribution in [2.24, 2.45) is 0 Å². The largest absolute Gasteiger partial charge is 0.369 e. The quantitative estimate of drug-likeness (QED) is 0.768. The number of halogens is 1. The number of rotatable bonds is 4. The second kappa shape index (κ2) is 6.18. The van der Waals surface area contributed by atoms with E-state index in [0.29, 0.717) is 5.82 Å². The van der Waals surface area contributed by atoms with Crippen molar-refractivity contribution in [1.82, 2.24) is 15.0 Å². The molecule has 1 N–H and O–H groups in total. The number of anilines is 1. The molecule has 0 amide bonds. The van der Waals surface area contributed by atoms with Crippen LogP contribution in [-0.4, -0.2) is 21.5 Å². The van der Waals surface area contributed by atoms with Gasteiger partial charge in [0.1, 0.15) is 11.5 Å². The van der Waals surface area contributed by atoms with Crippen LogP contribution < -0.4 is 5.32 Å². The van der Waals surface area contributed by atoms with Gasteiger partial charge in [0, 0.05) is 24.3 Å². The summed E-state index contributed by atoms with van der Waals surface area (Å²) in [4.78, 5) is 13.5. The molecule has 0 fully saturated rings. The average molecular weight is 343 g/mol. The summed E-state index contributed by atoms with van der Waals surface area (Å²) in [6, 6.07) is 10.1. The van der Waals surface area contributed by atoms with E-state index in [1.807, 2.05) is 24.3 Å². The number of nitrogens with one attached hydrogen (secondary N) is 1. The van der Waals surface area contributed by atoms with Crippen molar-refractivity contribution in [3.63, 3.8) is 0 Å². The normalized spacial score (nSPS) is 10.8. The summed E-state index contributed by atoms with van der Waals surface area (Å²) < 4.78 is 0.861. The van der Waals surface area contributed by atoms with E-state index in [1.165, 1.54) is 0 Å². The van der Waals surface area contributed by atoms with Crippen molar-refractivity contribution in [3.05, 3.63) is 47.2 Å². The standard InChI is InChI=1S/C16H15BrN4/c1-2-8-19-15-13(17)10-20-16(21-15)14-12-6-4-3-5-11(12)7-9-18-14/h3-7,9-10H,2,8H2,1H3,(H,19,20,21).